The lowest BCUT2D eigenvalue weighted by molar-refractivity contribution is -0.142. The molecule has 3 rings (SSSR count). The average Bonchev–Trinajstić information content (AvgIpc) is 2.92. The molecule has 0 aromatic carbocycles. The summed E-state index contributed by atoms with van der Waals surface area (Å²) in [7, 11) is 1.55. The number of carbonyl (C=O) groups excluding carboxylic acids is 1. The largest absolute Gasteiger partial charge is 0.382 e. The van der Waals surface area contributed by atoms with Crippen molar-refractivity contribution in [3.05, 3.63) is 22.8 Å². The van der Waals surface area contributed by atoms with Gasteiger partial charge in [-0.3, -0.25) is 9.20 Å². The highest BCUT2D eigenvalue weighted by molar-refractivity contribution is 9.10. The van der Waals surface area contributed by atoms with Gasteiger partial charge in [0, 0.05) is 38.5 Å². The second kappa shape index (κ2) is 6.45. The van der Waals surface area contributed by atoms with E-state index in [2.05, 4.69) is 25.9 Å². The van der Waals surface area contributed by atoms with Crippen LogP contribution in [0.1, 0.15) is 31.5 Å². The van der Waals surface area contributed by atoms with Gasteiger partial charge in [0.25, 0.3) is 5.91 Å². The maximum Gasteiger partial charge on any atom is 0.251 e. The van der Waals surface area contributed by atoms with Crippen LogP contribution >= 0.6 is 15.9 Å². The van der Waals surface area contributed by atoms with E-state index in [9.17, 15) is 4.79 Å². The van der Waals surface area contributed by atoms with E-state index in [-0.39, 0.29) is 11.8 Å². The van der Waals surface area contributed by atoms with Crippen LogP contribution in [0.2, 0.25) is 0 Å². The van der Waals surface area contributed by atoms with Gasteiger partial charge in [0.1, 0.15) is 22.0 Å². The number of ether oxygens (including phenoxy) is 1. The van der Waals surface area contributed by atoms with Gasteiger partial charge >= 0.3 is 0 Å². The van der Waals surface area contributed by atoms with Crippen LogP contribution in [0.25, 0.3) is 5.52 Å². The number of aromatic nitrogens is 3. The zero-order valence-corrected chi connectivity index (χ0v) is 14.8. The summed E-state index contributed by atoms with van der Waals surface area (Å²) in [4.78, 5) is 23.0. The molecule has 1 saturated heterocycles. The molecule has 2 aromatic rings. The predicted octanol–water partition coefficient (Wildman–Crippen LogP) is 1.81. The molecule has 2 atom stereocenters. The van der Waals surface area contributed by atoms with Gasteiger partial charge in [-0.15, -0.1) is 0 Å². The highest BCUT2D eigenvalue weighted by Crippen LogP contribution is 2.31. The van der Waals surface area contributed by atoms with Gasteiger partial charge in [0.15, 0.2) is 5.82 Å². The Hall–Kier alpha value is -1.67. The van der Waals surface area contributed by atoms with Gasteiger partial charge in [-0.1, -0.05) is 0 Å². The Morgan fingerprint density at radius 1 is 1.57 bits per heavy atom. The van der Waals surface area contributed by atoms with Gasteiger partial charge in [0.2, 0.25) is 0 Å². The number of hydrogen-bond acceptors (Lipinski definition) is 5. The highest BCUT2D eigenvalue weighted by atomic mass is 79.9. The molecule has 0 bridgehead atoms. The maximum absolute atomic E-state index is 12.4. The molecule has 1 aliphatic rings. The smallest absolute Gasteiger partial charge is 0.251 e. The first-order valence-corrected chi connectivity index (χ1v) is 8.41. The van der Waals surface area contributed by atoms with E-state index < -0.39 is 6.10 Å². The molecule has 124 valence electrons. The van der Waals surface area contributed by atoms with E-state index in [1.54, 1.807) is 20.2 Å². The van der Waals surface area contributed by atoms with Crippen molar-refractivity contribution >= 4 is 33.2 Å². The minimum Gasteiger partial charge on any atom is -0.382 e. The first-order valence-electron chi connectivity index (χ1n) is 7.62. The number of nitrogen functional groups attached to an aromatic ring is 1. The number of likely N-dealkylation sites (tertiary alicyclic amines) is 1. The van der Waals surface area contributed by atoms with E-state index in [4.69, 9.17) is 10.5 Å². The van der Waals surface area contributed by atoms with Crippen LogP contribution in [0.4, 0.5) is 5.82 Å². The Bertz CT molecular complexity index is 732. The summed E-state index contributed by atoms with van der Waals surface area (Å²) in [6.07, 6.45) is 5.03. The second-order valence-corrected chi connectivity index (χ2v) is 6.54. The molecule has 8 heteroatoms. The Morgan fingerprint density at radius 3 is 3.09 bits per heavy atom. The van der Waals surface area contributed by atoms with Crippen LogP contribution in [0.15, 0.2) is 17.0 Å². The number of amides is 1. The summed E-state index contributed by atoms with van der Waals surface area (Å²) in [6, 6.07) is 0. The lowest BCUT2D eigenvalue weighted by Gasteiger charge is -2.33. The lowest BCUT2D eigenvalue weighted by atomic mass is 9.97. The molecular weight excluding hydrogens is 362 g/mol. The summed E-state index contributed by atoms with van der Waals surface area (Å²) in [5.41, 5.74) is 6.72. The molecule has 2 aromatic heterocycles. The van der Waals surface area contributed by atoms with Crippen LogP contribution in [0.3, 0.4) is 0 Å². The van der Waals surface area contributed by atoms with Crippen molar-refractivity contribution in [2.75, 3.05) is 25.9 Å². The van der Waals surface area contributed by atoms with Crippen LogP contribution in [0.5, 0.6) is 0 Å². The number of rotatable bonds is 3. The first kappa shape index (κ1) is 16.2. The number of anilines is 1. The van der Waals surface area contributed by atoms with Crippen LogP contribution in [0, 0.1) is 0 Å². The third-order valence-corrected chi connectivity index (χ3v) is 4.92. The van der Waals surface area contributed by atoms with Crippen molar-refractivity contribution in [1.82, 2.24) is 19.3 Å². The van der Waals surface area contributed by atoms with E-state index in [0.29, 0.717) is 17.0 Å². The molecule has 3 heterocycles. The van der Waals surface area contributed by atoms with E-state index in [1.807, 2.05) is 15.5 Å². The number of nitrogens with two attached hydrogens (primary N) is 1. The molecule has 0 radical (unpaired) electrons. The zero-order chi connectivity index (χ0) is 16.6. The predicted molar refractivity (Wildman–Crippen MR) is 90.1 cm³/mol. The third-order valence-electron chi connectivity index (χ3n) is 4.37. The molecule has 1 fully saturated rings. The van der Waals surface area contributed by atoms with Crippen molar-refractivity contribution in [1.29, 1.82) is 0 Å². The molecule has 0 aliphatic carbocycles. The molecule has 2 N–H and O–H groups in total. The van der Waals surface area contributed by atoms with Gasteiger partial charge in [0.05, 0.1) is 0 Å². The van der Waals surface area contributed by atoms with Crippen molar-refractivity contribution in [3.8, 4) is 0 Å². The van der Waals surface area contributed by atoms with E-state index >= 15 is 0 Å². The number of hydrogen-bond donors (Lipinski definition) is 1. The normalized spacial score (nSPS) is 20.0. The van der Waals surface area contributed by atoms with Gasteiger partial charge in [-0.05, 0) is 35.7 Å². The summed E-state index contributed by atoms with van der Waals surface area (Å²) in [5.74, 6) is 1.54. The fourth-order valence-corrected chi connectivity index (χ4v) is 3.65. The minimum absolute atomic E-state index is 0.0262. The number of fused-ring (bicyclic) bond motifs is 1. The Kier molecular flexibility index (Phi) is 4.54. The molecule has 1 amide bonds. The Morgan fingerprint density at radius 2 is 2.35 bits per heavy atom. The standard InChI is InChI=1S/C15H20BrN5O2/c1-9(23-2)15(22)20-6-3-4-10(8-20)14-19-12(16)11-13(17)18-5-7-21(11)14/h5,7,9-10H,3-4,6,8H2,1-2H3,(H2,17,18). The van der Waals surface area contributed by atoms with Gasteiger partial charge in [-0.2, -0.15) is 0 Å². The molecule has 2 unspecified atom stereocenters. The second-order valence-electron chi connectivity index (χ2n) is 5.79. The molecule has 0 spiro atoms. The Labute approximate surface area is 143 Å². The zero-order valence-electron chi connectivity index (χ0n) is 13.2. The maximum atomic E-state index is 12.4. The van der Waals surface area contributed by atoms with Crippen LogP contribution < -0.4 is 5.73 Å². The summed E-state index contributed by atoms with van der Waals surface area (Å²) in [6.45, 7) is 3.18. The fourth-order valence-electron chi connectivity index (χ4n) is 3.08. The number of imidazole rings is 1. The summed E-state index contributed by atoms with van der Waals surface area (Å²) < 4.78 is 7.80. The average molecular weight is 382 g/mol. The van der Waals surface area contributed by atoms with Crippen molar-refractivity contribution in [3.63, 3.8) is 0 Å². The number of carbonyl (C=O) groups is 1. The molecule has 1 aliphatic heterocycles. The topological polar surface area (TPSA) is 85.8 Å². The molecule has 7 nitrogen and oxygen atoms in total. The quantitative estimate of drug-likeness (QED) is 0.875. The van der Waals surface area contributed by atoms with Gasteiger partial charge < -0.3 is 15.4 Å². The highest BCUT2D eigenvalue weighted by Gasteiger charge is 2.30. The monoisotopic (exact) mass is 381 g/mol. The molecular formula is C15H20BrN5O2. The first-order chi connectivity index (χ1) is 11.0. The third kappa shape index (κ3) is 2.92. The minimum atomic E-state index is -0.419. The number of piperidine rings is 1. The van der Waals surface area contributed by atoms with E-state index in [0.717, 1.165) is 30.7 Å². The summed E-state index contributed by atoms with van der Waals surface area (Å²) >= 11 is 3.46. The van der Waals surface area contributed by atoms with Crippen LogP contribution in [-0.4, -0.2) is 51.5 Å². The Balaban J connectivity index is 1.90. The lowest BCUT2D eigenvalue weighted by Crippen LogP contribution is -2.44. The number of methoxy groups -OCH3 is 1. The SMILES string of the molecule is COC(C)C(=O)N1CCCC(c2nc(Br)c3c(N)nccn23)C1. The van der Waals surface area contributed by atoms with Crippen LogP contribution in [-0.2, 0) is 9.53 Å². The fraction of sp³-hybridized carbons (Fsp3) is 0.533. The summed E-state index contributed by atoms with van der Waals surface area (Å²) in [5, 5.41) is 0. The number of nitrogens with zero attached hydrogens (tertiary/aromatic N) is 4. The van der Waals surface area contributed by atoms with E-state index in [1.165, 1.54) is 0 Å². The van der Waals surface area contributed by atoms with Gasteiger partial charge in [-0.25, -0.2) is 9.97 Å². The van der Waals surface area contributed by atoms with Crippen molar-refractivity contribution < 1.29 is 9.53 Å². The molecule has 0 saturated carbocycles. The van der Waals surface area contributed by atoms with Crippen molar-refractivity contribution in [2.45, 2.75) is 31.8 Å². The van der Waals surface area contributed by atoms with Crippen molar-refractivity contribution in [2.24, 2.45) is 0 Å². The number of halogens is 1. The molecule has 23 heavy (non-hydrogen) atoms.